The normalized spacial score (nSPS) is 16.6. The first-order valence-electron chi connectivity index (χ1n) is 12.6. The predicted molar refractivity (Wildman–Crippen MR) is 151 cm³/mol. The second kappa shape index (κ2) is 11.2. The third-order valence-corrected chi connectivity index (χ3v) is 7.56. The SMILES string of the molecule is CCCCOc1cccc(C2/C(=C(\O)c3ccc(OC)cc3)C(=O)C(=O)N2c2nc3ccc(OC)cc3s2)c1. The molecule has 0 spiro atoms. The maximum atomic E-state index is 13.6. The summed E-state index contributed by atoms with van der Waals surface area (Å²) in [5, 5.41) is 11.7. The van der Waals surface area contributed by atoms with Gasteiger partial charge in [-0.1, -0.05) is 36.8 Å². The van der Waals surface area contributed by atoms with Gasteiger partial charge >= 0.3 is 5.91 Å². The highest BCUT2D eigenvalue weighted by molar-refractivity contribution is 7.22. The summed E-state index contributed by atoms with van der Waals surface area (Å²) in [7, 11) is 3.12. The third kappa shape index (κ3) is 5.05. The van der Waals surface area contributed by atoms with E-state index < -0.39 is 17.7 Å². The molecule has 1 N–H and O–H groups in total. The number of hydrogen-bond donors (Lipinski definition) is 1. The maximum absolute atomic E-state index is 13.6. The van der Waals surface area contributed by atoms with E-state index in [4.69, 9.17) is 14.2 Å². The Balaban J connectivity index is 1.66. The van der Waals surface area contributed by atoms with Crippen LogP contribution in [0.25, 0.3) is 16.0 Å². The van der Waals surface area contributed by atoms with Crippen LogP contribution in [0.5, 0.6) is 17.2 Å². The molecule has 200 valence electrons. The van der Waals surface area contributed by atoms with Crippen LogP contribution >= 0.6 is 11.3 Å². The molecule has 3 aromatic carbocycles. The summed E-state index contributed by atoms with van der Waals surface area (Å²) in [6.45, 7) is 2.63. The van der Waals surface area contributed by atoms with Crippen molar-refractivity contribution in [2.75, 3.05) is 25.7 Å². The van der Waals surface area contributed by atoms with Crippen LogP contribution in [0.15, 0.2) is 72.3 Å². The van der Waals surface area contributed by atoms with Crippen LogP contribution in [0.3, 0.4) is 0 Å². The van der Waals surface area contributed by atoms with Crippen LogP contribution in [0.4, 0.5) is 5.13 Å². The van der Waals surface area contributed by atoms with Crippen LogP contribution in [0.2, 0.25) is 0 Å². The summed E-state index contributed by atoms with van der Waals surface area (Å²) in [6.07, 6.45) is 1.89. The van der Waals surface area contributed by atoms with E-state index in [0.29, 0.717) is 45.6 Å². The number of aliphatic hydroxyl groups excluding tert-OH is 1. The molecule has 8 nitrogen and oxygen atoms in total. The summed E-state index contributed by atoms with van der Waals surface area (Å²) in [5.41, 5.74) is 1.66. The predicted octanol–water partition coefficient (Wildman–Crippen LogP) is 6.12. The molecule has 0 radical (unpaired) electrons. The average Bonchev–Trinajstić information content (AvgIpc) is 3.50. The molecule has 1 saturated heterocycles. The Kier molecular flexibility index (Phi) is 7.51. The van der Waals surface area contributed by atoms with Gasteiger partial charge in [0.25, 0.3) is 5.78 Å². The van der Waals surface area contributed by atoms with E-state index in [-0.39, 0.29) is 11.3 Å². The number of thiazole rings is 1. The van der Waals surface area contributed by atoms with Gasteiger partial charge in [0.15, 0.2) is 5.13 Å². The van der Waals surface area contributed by atoms with E-state index in [1.807, 2.05) is 24.3 Å². The van der Waals surface area contributed by atoms with Gasteiger partial charge in [-0.2, -0.15) is 0 Å². The number of rotatable bonds is 9. The minimum atomic E-state index is -0.913. The molecule has 0 saturated carbocycles. The Labute approximate surface area is 230 Å². The lowest BCUT2D eigenvalue weighted by Gasteiger charge is -2.23. The number of carbonyl (C=O) groups excluding carboxylic acids is 2. The van der Waals surface area contributed by atoms with E-state index in [0.717, 1.165) is 17.5 Å². The van der Waals surface area contributed by atoms with Gasteiger partial charge in [0.05, 0.1) is 42.7 Å². The van der Waals surface area contributed by atoms with Crippen molar-refractivity contribution in [1.29, 1.82) is 0 Å². The lowest BCUT2D eigenvalue weighted by Crippen LogP contribution is -2.29. The molecule has 4 aromatic rings. The number of amides is 1. The van der Waals surface area contributed by atoms with Gasteiger partial charge < -0.3 is 19.3 Å². The van der Waals surface area contributed by atoms with E-state index in [1.165, 1.54) is 16.2 Å². The molecular formula is C30H28N2O6S. The average molecular weight is 545 g/mol. The topological polar surface area (TPSA) is 98.2 Å². The van der Waals surface area contributed by atoms with Crippen LogP contribution in [-0.2, 0) is 9.59 Å². The lowest BCUT2D eigenvalue weighted by atomic mass is 9.95. The molecule has 5 rings (SSSR count). The number of aliphatic hydroxyl groups is 1. The van der Waals surface area contributed by atoms with Crippen LogP contribution in [0, 0.1) is 0 Å². The monoisotopic (exact) mass is 544 g/mol. The number of carbonyl (C=O) groups is 2. The molecule has 1 aliphatic rings. The van der Waals surface area contributed by atoms with E-state index in [1.54, 1.807) is 56.7 Å². The van der Waals surface area contributed by atoms with Gasteiger partial charge in [0.2, 0.25) is 0 Å². The number of benzene rings is 3. The molecule has 1 fully saturated rings. The van der Waals surface area contributed by atoms with Gasteiger partial charge in [-0.15, -0.1) is 0 Å². The van der Waals surface area contributed by atoms with Gasteiger partial charge in [-0.05, 0) is 66.6 Å². The summed E-state index contributed by atoms with van der Waals surface area (Å²) >= 11 is 1.27. The number of methoxy groups -OCH3 is 2. The van der Waals surface area contributed by atoms with E-state index >= 15 is 0 Å². The van der Waals surface area contributed by atoms with Gasteiger partial charge in [0, 0.05) is 5.56 Å². The van der Waals surface area contributed by atoms with Crippen molar-refractivity contribution in [2.24, 2.45) is 0 Å². The maximum Gasteiger partial charge on any atom is 0.301 e. The molecular weight excluding hydrogens is 516 g/mol. The zero-order valence-corrected chi connectivity index (χ0v) is 22.7. The van der Waals surface area contributed by atoms with Crippen molar-refractivity contribution >= 4 is 44.1 Å². The molecule has 1 atom stereocenters. The highest BCUT2D eigenvalue weighted by Gasteiger charge is 2.48. The summed E-state index contributed by atoms with van der Waals surface area (Å²) in [5.74, 6) is 0.0487. The van der Waals surface area contributed by atoms with Crippen molar-refractivity contribution in [3.63, 3.8) is 0 Å². The Morgan fingerprint density at radius 1 is 0.974 bits per heavy atom. The minimum absolute atomic E-state index is 0.0206. The highest BCUT2D eigenvalue weighted by atomic mass is 32.1. The van der Waals surface area contributed by atoms with Crippen molar-refractivity contribution in [2.45, 2.75) is 25.8 Å². The number of fused-ring (bicyclic) bond motifs is 1. The fourth-order valence-electron chi connectivity index (χ4n) is 4.48. The fourth-order valence-corrected chi connectivity index (χ4v) is 5.50. The molecule has 0 aliphatic carbocycles. The number of unbranched alkanes of at least 4 members (excludes halogenated alkanes) is 1. The van der Waals surface area contributed by atoms with Gasteiger partial charge in [-0.25, -0.2) is 4.98 Å². The fraction of sp³-hybridized carbons (Fsp3) is 0.233. The smallest absolute Gasteiger partial charge is 0.301 e. The molecule has 1 unspecified atom stereocenters. The molecule has 9 heteroatoms. The first kappa shape index (κ1) is 26.2. The number of nitrogens with zero attached hydrogens (tertiary/aromatic N) is 2. The number of aromatic nitrogens is 1. The Morgan fingerprint density at radius 3 is 2.44 bits per heavy atom. The number of ether oxygens (including phenoxy) is 3. The first-order valence-corrected chi connectivity index (χ1v) is 13.4. The van der Waals surface area contributed by atoms with Crippen molar-refractivity contribution in [1.82, 2.24) is 4.98 Å². The number of ketones is 1. The minimum Gasteiger partial charge on any atom is -0.507 e. The molecule has 2 heterocycles. The molecule has 39 heavy (non-hydrogen) atoms. The van der Waals surface area contributed by atoms with E-state index in [9.17, 15) is 14.7 Å². The highest BCUT2D eigenvalue weighted by Crippen LogP contribution is 2.45. The van der Waals surface area contributed by atoms with Crippen molar-refractivity contribution in [3.05, 3.63) is 83.4 Å². The lowest BCUT2D eigenvalue weighted by molar-refractivity contribution is -0.132. The summed E-state index contributed by atoms with van der Waals surface area (Å²) in [4.78, 5) is 33.1. The molecule has 1 amide bonds. The van der Waals surface area contributed by atoms with Crippen molar-refractivity contribution < 1.29 is 28.9 Å². The Morgan fingerprint density at radius 2 is 1.72 bits per heavy atom. The molecule has 0 bridgehead atoms. The van der Waals surface area contributed by atoms with Crippen LogP contribution in [0.1, 0.15) is 36.9 Å². The second-order valence-corrected chi connectivity index (χ2v) is 10.0. The zero-order chi connectivity index (χ0) is 27.5. The number of hydrogen-bond acceptors (Lipinski definition) is 8. The Hall–Kier alpha value is -4.37. The molecule has 1 aromatic heterocycles. The van der Waals surface area contributed by atoms with Gasteiger partial charge in [0.1, 0.15) is 23.0 Å². The molecule has 1 aliphatic heterocycles. The quantitative estimate of drug-likeness (QED) is 0.117. The number of anilines is 1. The Bertz CT molecular complexity index is 1560. The summed E-state index contributed by atoms with van der Waals surface area (Å²) in [6, 6.07) is 18.4. The first-order chi connectivity index (χ1) is 18.9. The number of Topliss-reactive ketones (excluding diaryl/α,β-unsaturated/α-hetero) is 1. The largest absolute Gasteiger partial charge is 0.507 e. The van der Waals surface area contributed by atoms with E-state index in [2.05, 4.69) is 11.9 Å². The zero-order valence-electron chi connectivity index (χ0n) is 21.8. The second-order valence-electron chi connectivity index (χ2n) is 9.00. The summed E-state index contributed by atoms with van der Waals surface area (Å²) < 4.78 is 17.3. The standard InChI is InChI=1S/C30H28N2O6S/c1-4-5-15-38-22-8-6-7-19(16-22)26-25(27(33)18-9-11-20(36-2)12-10-18)28(34)29(35)32(26)30-31-23-14-13-21(37-3)17-24(23)39-30/h6-14,16-17,26,33H,4-5,15H2,1-3H3/b27-25+. The van der Waals surface area contributed by atoms with Crippen LogP contribution < -0.4 is 19.1 Å². The van der Waals surface area contributed by atoms with Gasteiger partial charge in [-0.3, -0.25) is 14.5 Å². The third-order valence-electron chi connectivity index (χ3n) is 6.54. The van der Waals surface area contributed by atoms with Crippen LogP contribution in [-0.4, -0.2) is 42.6 Å². The van der Waals surface area contributed by atoms with Crippen molar-refractivity contribution in [3.8, 4) is 17.2 Å².